The molecule has 7 rings (SSSR count). The highest BCUT2D eigenvalue weighted by Crippen LogP contribution is 2.81. The Morgan fingerprint density at radius 2 is 2.00 bits per heavy atom. The normalized spacial score (nSPS) is 56.3. The molecule has 6 aliphatic carbocycles. The van der Waals surface area contributed by atoms with Gasteiger partial charge in [0.2, 0.25) is 0 Å². The van der Waals surface area contributed by atoms with Crippen LogP contribution >= 0.6 is 0 Å². The monoisotopic (exact) mass is 365 g/mol. The minimum Gasteiger partial charge on any atom is -0.374 e. The van der Waals surface area contributed by atoms with Crippen LogP contribution < -0.4 is 0 Å². The fourth-order valence-corrected chi connectivity index (χ4v) is 10.1. The molecule has 2 spiro atoms. The molecule has 27 heavy (non-hydrogen) atoms. The van der Waals surface area contributed by atoms with Gasteiger partial charge in [0.1, 0.15) is 0 Å². The van der Waals surface area contributed by atoms with Crippen LogP contribution in [0.25, 0.3) is 0 Å². The van der Waals surface area contributed by atoms with E-state index in [1.165, 1.54) is 64.2 Å². The zero-order chi connectivity index (χ0) is 18.0. The lowest BCUT2D eigenvalue weighted by molar-refractivity contribution is -0.161. The van der Waals surface area contributed by atoms with Gasteiger partial charge in [-0.1, -0.05) is 12.5 Å². The quantitative estimate of drug-likeness (QED) is 0.629. The van der Waals surface area contributed by atoms with Crippen molar-refractivity contribution in [3.8, 4) is 0 Å². The Morgan fingerprint density at radius 3 is 2.74 bits per heavy atom. The second-order valence-electron chi connectivity index (χ2n) is 11.5. The van der Waals surface area contributed by atoms with Crippen LogP contribution in [0.5, 0.6) is 0 Å². The first-order chi connectivity index (χ1) is 13.1. The van der Waals surface area contributed by atoms with Crippen molar-refractivity contribution in [1.29, 1.82) is 5.41 Å². The maximum Gasteiger partial charge on any atom is 0.0772 e. The number of ether oxygens (including phenoxy) is 1. The molecular formula is C25H35NO. The summed E-state index contributed by atoms with van der Waals surface area (Å²) in [7, 11) is 0. The van der Waals surface area contributed by atoms with Crippen molar-refractivity contribution >= 4 is 5.71 Å². The van der Waals surface area contributed by atoms with Crippen LogP contribution in [0.3, 0.4) is 0 Å². The minimum absolute atomic E-state index is 0.281. The molecule has 0 aromatic carbocycles. The van der Waals surface area contributed by atoms with Crippen molar-refractivity contribution in [3.05, 3.63) is 11.6 Å². The minimum atomic E-state index is 0.281. The van der Waals surface area contributed by atoms with E-state index in [1.54, 1.807) is 5.57 Å². The molecule has 6 fully saturated rings. The molecule has 1 heterocycles. The largest absolute Gasteiger partial charge is 0.374 e. The number of nitrogens with one attached hydrogen (secondary N) is 1. The molecule has 0 amide bonds. The average molecular weight is 366 g/mol. The topological polar surface area (TPSA) is 33.1 Å². The third-order valence-electron chi connectivity index (χ3n) is 11.1. The first kappa shape index (κ1) is 16.2. The van der Waals surface area contributed by atoms with E-state index >= 15 is 0 Å². The van der Waals surface area contributed by atoms with E-state index in [1.807, 2.05) is 0 Å². The summed E-state index contributed by atoms with van der Waals surface area (Å²) in [5.74, 6) is 5.60. The maximum atomic E-state index is 8.28. The van der Waals surface area contributed by atoms with Crippen molar-refractivity contribution in [2.45, 2.75) is 83.2 Å². The lowest BCUT2D eigenvalue weighted by Crippen LogP contribution is -2.57. The molecule has 0 aromatic heterocycles. The fraction of sp³-hybridized carbons (Fsp3) is 0.880. The van der Waals surface area contributed by atoms with E-state index in [-0.39, 0.29) is 5.60 Å². The van der Waals surface area contributed by atoms with Crippen LogP contribution in [0.2, 0.25) is 0 Å². The van der Waals surface area contributed by atoms with Gasteiger partial charge >= 0.3 is 0 Å². The summed E-state index contributed by atoms with van der Waals surface area (Å²) in [5, 5.41) is 8.28. The van der Waals surface area contributed by atoms with Gasteiger partial charge in [0.25, 0.3) is 0 Å². The third kappa shape index (κ3) is 1.73. The predicted octanol–water partition coefficient (Wildman–Crippen LogP) is 5.76. The maximum absolute atomic E-state index is 8.28. The molecule has 146 valence electrons. The van der Waals surface area contributed by atoms with Crippen molar-refractivity contribution in [2.24, 2.45) is 46.3 Å². The standard InChI is InChI=1S/C25H35NO/c1-2-24-8-6-16-17-5-4-15(26)12-20(17)23(9-10-23)14-19(16)22(24)18-13-21(18)25(24)7-3-11-27-25/h12,16-19,21-22,26H,2-11,13-14H2,1H3/t16?,17-,18?,19?,21?,22?,24+,25+/m1/s1. The van der Waals surface area contributed by atoms with Gasteiger partial charge in [0, 0.05) is 17.7 Å². The summed E-state index contributed by atoms with van der Waals surface area (Å²) < 4.78 is 6.75. The number of rotatable bonds is 1. The Morgan fingerprint density at radius 1 is 1.11 bits per heavy atom. The lowest BCUT2D eigenvalue weighted by atomic mass is 9.46. The molecule has 0 aromatic rings. The number of fused-ring (bicyclic) bond motifs is 10. The summed E-state index contributed by atoms with van der Waals surface area (Å²) in [6.07, 6.45) is 17.4. The first-order valence-corrected chi connectivity index (χ1v) is 12.1. The molecular weight excluding hydrogens is 330 g/mol. The Balaban J connectivity index is 1.33. The summed E-state index contributed by atoms with van der Waals surface area (Å²) in [5.41, 5.74) is 4.00. The zero-order valence-corrected chi connectivity index (χ0v) is 16.9. The Kier molecular flexibility index (Phi) is 2.95. The summed E-state index contributed by atoms with van der Waals surface area (Å²) >= 11 is 0. The van der Waals surface area contributed by atoms with Gasteiger partial charge in [-0.3, -0.25) is 0 Å². The second kappa shape index (κ2) is 4.91. The molecule has 2 nitrogen and oxygen atoms in total. The lowest BCUT2D eigenvalue weighted by Gasteiger charge is -2.60. The summed E-state index contributed by atoms with van der Waals surface area (Å²) in [4.78, 5) is 0. The van der Waals surface area contributed by atoms with E-state index in [0.717, 1.165) is 54.2 Å². The van der Waals surface area contributed by atoms with Gasteiger partial charge < -0.3 is 10.1 Å². The van der Waals surface area contributed by atoms with Gasteiger partial charge in [-0.05, 0) is 118 Å². The summed E-state index contributed by atoms with van der Waals surface area (Å²) in [6, 6.07) is 0. The Labute approximate surface area is 164 Å². The summed E-state index contributed by atoms with van der Waals surface area (Å²) in [6.45, 7) is 3.54. The highest BCUT2D eigenvalue weighted by Gasteiger charge is 2.78. The van der Waals surface area contributed by atoms with Crippen LogP contribution in [-0.2, 0) is 4.74 Å². The number of hydrogen-bond donors (Lipinski definition) is 1. The fourth-order valence-electron chi connectivity index (χ4n) is 10.1. The second-order valence-corrected chi connectivity index (χ2v) is 11.5. The van der Waals surface area contributed by atoms with Crippen molar-refractivity contribution in [1.82, 2.24) is 0 Å². The van der Waals surface area contributed by atoms with Gasteiger partial charge in [0.15, 0.2) is 0 Å². The molecule has 1 saturated heterocycles. The first-order valence-electron chi connectivity index (χ1n) is 12.1. The van der Waals surface area contributed by atoms with Crippen LogP contribution in [0.4, 0.5) is 0 Å². The van der Waals surface area contributed by atoms with E-state index < -0.39 is 0 Å². The number of hydrogen-bond acceptors (Lipinski definition) is 2. The Bertz CT molecular complexity index is 741. The van der Waals surface area contributed by atoms with E-state index in [9.17, 15) is 0 Å². The van der Waals surface area contributed by atoms with Crippen LogP contribution in [-0.4, -0.2) is 17.9 Å². The smallest absolute Gasteiger partial charge is 0.0772 e. The SMILES string of the molecule is CC[C@]12CCC3C(CC4(CC4)C4=CC(=N)CC[C@@H]43)C1C1CC1[C@@]21CCCO1. The molecule has 5 unspecified atom stereocenters. The Hall–Kier alpha value is -0.630. The zero-order valence-electron chi connectivity index (χ0n) is 16.9. The van der Waals surface area contributed by atoms with Gasteiger partial charge in [-0.25, -0.2) is 0 Å². The van der Waals surface area contributed by atoms with Crippen LogP contribution in [0, 0.1) is 51.7 Å². The molecule has 8 atom stereocenters. The van der Waals surface area contributed by atoms with Gasteiger partial charge in [-0.15, -0.1) is 0 Å². The van der Waals surface area contributed by atoms with Crippen molar-refractivity contribution in [2.75, 3.05) is 6.61 Å². The van der Waals surface area contributed by atoms with E-state index in [2.05, 4.69) is 13.0 Å². The molecule has 1 aliphatic heterocycles. The number of allylic oxidation sites excluding steroid dienone is 2. The highest BCUT2D eigenvalue weighted by molar-refractivity contribution is 5.94. The van der Waals surface area contributed by atoms with Crippen molar-refractivity contribution < 1.29 is 4.74 Å². The van der Waals surface area contributed by atoms with E-state index in [0.29, 0.717) is 10.8 Å². The third-order valence-corrected chi connectivity index (χ3v) is 11.1. The molecule has 1 N–H and O–H groups in total. The van der Waals surface area contributed by atoms with Crippen molar-refractivity contribution in [3.63, 3.8) is 0 Å². The molecule has 5 saturated carbocycles. The van der Waals surface area contributed by atoms with Crippen LogP contribution in [0.15, 0.2) is 11.6 Å². The molecule has 0 radical (unpaired) electrons. The van der Waals surface area contributed by atoms with Crippen LogP contribution in [0.1, 0.15) is 77.6 Å². The molecule has 7 aliphatic rings. The average Bonchev–Trinajstić information content (AvgIpc) is 3.58. The predicted molar refractivity (Wildman–Crippen MR) is 107 cm³/mol. The highest BCUT2D eigenvalue weighted by atomic mass is 16.5. The van der Waals surface area contributed by atoms with Gasteiger partial charge in [0.05, 0.1) is 5.60 Å². The molecule has 2 heteroatoms. The molecule has 0 bridgehead atoms. The van der Waals surface area contributed by atoms with E-state index in [4.69, 9.17) is 10.1 Å². The van der Waals surface area contributed by atoms with Gasteiger partial charge in [-0.2, -0.15) is 0 Å².